The van der Waals surface area contributed by atoms with Crippen molar-refractivity contribution in [1.29, 1.82) is 0 Å². The van der Waals surface area contributed by atoms with E-state index in [4.69, 9.17) is 21.7 Å². The number of hydrogen-bond donors (Lipinski definition) is 1. The summed E-state index contributed by atoms with van der Waals surface area (Å²) in [6.07, 6.45) is 4.87. The van der Waals surface area contributed by atoms with Crippen molar-refractivity contribution < 1.29 is 9.47 Å². The molecule has 0 saturated heterocycles. The summed E-state index contributed by atoms with van der Waals surface area (Å²) in [4.78, 5) is 2.31. The zero-order chi connectivity index (χ0) is 18.4. The number of nitrogens with zero attached hydrogens (tertiary/aromatic N) is 1. The van der Waals surface area contributed by atoms with Crippen LogP contribution in [0.15, 0.2) is 48.5 Å². The normalized spacial score (nSPS) is 14.1. The van der Waals surface area contributed by atoms with E-state index in [0.717, 1.165) is 34.4 Å². The minimum Gasteiger partial charge on any atom is -0.497 e. The lowest BCUT2D eigenvalue weighted by molar-refractivity contribution is 0.305. The molecule has 2 aromatic carbocycles. The summed E-state index contributed by atoms with van der Waals surface area (Å²) in [6.45, 7) is 0.741. The van der Waals surface area contributed by atoms with Crippen molar-refractivity contribution in [1.82, 2.24) is 4.90 Å². The van der Waals surface area contributed by atoms with E-state index in [2.05, 4.69) is 16.3 Å². The van der Waals surface area contributed by atoms with E-state index in [-0.39, 0.29) is 0 Å². The van der Waals surface area contributed by atoms with Crippen molar-refractivity contribution in [2.24, 2.45) is 0 Å². The van der Waals surface area contributed by atoms with Gasteiger partial charge in [-0.1, -0.05) is 37.1 Å². The molecule has 4 nitrogen and oxygen atoms in total. The van der Waals surface area contributed by atoms with Crippen molar-refractivity contribution in [3.05, 3.63) is 54.1 Å². The summed E-state index contributed by atoms with van der Waals surface area (Å²) < 4.78 is 10.8. The molecule has 0 heterocycles. The molecule has 1 fully saturated rings. The first-order valence-electron chi connectivity index (χ1n) is 9.05. The third-order valence-corrected chi connectivity index (χ3v) is 5.22. The third-order valence-electron chi connectivity index (χ3n) is 4.88. The fourth-order valence-electron chi connectivity index (χ4n) is 3.50. The van der Waals surface area contributed by atoms with Gasteiger partial charge in [0.2, 0.25) is 0 Å². The van der Waals surface area contributed by atoms with Crippen molar-refractivity contribution >= 4 is 23.0 Å². The fraction of sp³-hybridized carbons (Fsp3) is 0.381. The van der Waals surface area contributed by atoms with Crippen LogP contribution in [0.2, 0.25) is 0 Å². The number of thiocarbonyl (C=S) groups is 1. The monoisotopic (exact) mass is 370 g/mol. The Morgan fingerprint density at radius 2 is 1.85 bits per heavy atom. The second-order valence-corrected chi connectivity index (χ2v) is 6.93. The van der Waals surface area contributed by atoms with Crippen molar-refractivity contribution in [3.63, 3.8) is 0 Å². The van der Waals surface area contributed by atoms with Crippen molar-refractivity contribution in [2.75, 3.05) is 19.5 Å². The van der Waals surface area contributed by atoms with Crippen LogP contribution in [-0.2, 0) is 6.54 Å². The smallest absolute Gasteiger partial charge is 0.173 e. The SMILES string of the molecule is COc1cccc(NC(=S)N(Cc2ccccc2OC)C2CCCC2)c1. The van der Waals surface area contributed by atoms with Gasteiger partial charge >= 0.3 is 0 Å². The van der Waals surface area contributed by atoms with Gasteiger partial charge in [-0.3, -0.25) is 0 Å². The van der Waals surface area contributed by atoms with Crippen LogP contribution >= 0.6 is 12.2 Å². The predicted molar refractivity (Wildman–Crippen MR) is 110 cm³/mol. The molecule has 1 aliphatic rings. The van der Waals surface area contributed by atoms with Crippen LogP contribution in [0.1, 0.15) is 31.2 Å². The molecule has 1 N–H and O–H groups in total. The highest BCUT2D eigenvalue weighted by molar-refractivity contribution is 7.80. The number of anilines is 1. The molecule has 5 heteroatoms. The van der Waals surface area contributed by atoms with Gasteiger partial charge in [0.25, 0.3) is 0 Å². The standard InChI is InChI=1S/C21H26N2O2S/c1-24-19-12-7-9-17(14-19)22-21(26)23(18-10-4-5-11-18)15-16-8-3-6-13-20(16)25-2/h3,6-9,12-14,18H,4-5,10-11,15H2,1-2H3,(H,22,26). The zero-order valence-electron chi connectivity index (χ0n) is 15.4. The second-order valence-electron chi connectivity index (χ2n) is 6.54. The maximum Gasteiger partial charge on any atom is 0.173 e. The maximum atomic E-state index is 5.79. The van der Waals surface area contributed by atoms with Crippen LogP contribution in [-0.4, -0.2) is 30.3 Å². The first kappa shape index (κ1) is 18.5. The average Bonchev–Trinajstić information content (AvgIpc) is 3.20. The quantitative estimate of drug-likeness (QED) is 0.736. The van der Waals surface area contributed by atoms with Crippen LogP contribution in [0.5, 0.6) is 11.5 Å². The number of ether oxygens (including phenoxy) is 2. The van der Waals surface area contributed by atoms with E-state index in [1.54, 1.807) is 14.2 Å². The van der Waals surface area contributed by atoms with E-state index in [9.17, 15) is 0 Å². The second kappa shape index (κ2) is 8.90. The Hall–Kier alpha value is -2.27. The lowest BCUT2D eigenvalue weighted by Gasteiger charge is -2.32. The third kappa shape index (κ3) is 4.47. The molecule has 1 saturated carbocycles. The van der Waals surface area contributed by atoms with Gasteiger partial charge in [-0.2, -0.15) is 0 Å². The summed E-state index contributed by atoms with van der Waals surface area (Å²) in [7, 11) is 3.38. The molecule has 0 bridgehead atoms. The number of nitrogens with one attached hydrogen (secondary N) is 1. The molecule has 26 heavy (non-hydrogen) atoms. The highest BCUT2D eigenvalue weighted by Crippen LogP contribution is 2.28. The lowest BCUT2D eigenvalue weighted by atomic mass is 10.1. The first-order chi connectivity index (χ1) is 12.7. The molecule has 0 unspecified atom stereocenters. The topological polar surface area (TPSA) is 33.7 Å². The molecule has 0 amide bonds. The Morgan fingerprint density at radius 3 is 2.58 bits per heavy atom. The van der Waals surface area contributed by atoms with Crippen LogP contribution in [0.25, 0.3) is 0 Å². The van der Waals surface area contributed by atoms with Gasteiger partial charge in [0.05, 0.1) is 14.2 Å². The van der Waals surface area contributed by atoms with E-state index in [1.807, 2.05) is 42.5 Å². The van der Waals surface area contributed by atoms with E-state index in [1.165, 1.54) is 25.7 Å². The minimum absolute atomic E-state index is 0.463. The molecule has 2 aromatic rings. The van der Waals surface area contributed by atoms with Gasteiger partial charge in [0.15, 0.2) is 5.11 Å². The number of rotatable bonds is 6. The van der Waals surface area contributed by atoms with Gasteiger partial charge in [0.1, 0.15) is 11.5 Å². The van der Waals surface area contributed by atoms with Gasteiger partial charge in [-0.15, -0.1) is 0 Å². The molecule has 0 aliphatic heterocycles. The van der Waals surface area contributed by atoms with E-state index in [0.29, 0.717) is 6.04 Å². The Labute approximate surface area is 161 Å². The van der Waals surface area contributed by atoms with Gasteiger partial charge in [-0.25, -0.2) is 0 Å². The Kier molecular flexibility index (Phi) is 6.34. The number of hydrogen-bond acceptors (Lipinski definition) is 3. The summed E-state index contributed by atoms with van der Waals surface area (Å²) in [6, 6.07) is 16.5. The molecule has 138 valence electrons. The first-order valence-corrected chi connectivity index (χ1v) is 9.45. The number of methoxy groups -OCH3 is 2. The molecular weight excluding hydrogens is 344 g/mol. The van der Waals surface area contributed by atoms with Gasteiger partial charge in [0, 0.05) is 29.9 Å². The Morgan fingerprint density at radius 1 is 1.08 bits per heavy atom. The summed E-state index contributed by atoms with van der Waals surface area (Å²) in [5, 5.41) is 4.13. The minimum atomic E-state index is 0.463. The number of para-hydroxylation sites is 1. The van der Waals surface area contributed by atoms with Crippen LogP contribution in [0, 0.1) is 0 Å². The molecule has 3 rings (SSSR count). The highest BCUT2D eigenvalue weighted by atomic mass is 32.1. The molecule has 1 aliphatic carbocycles. The lowest BCUT2D eigenvalue weighted by Crippen LogP contribution is -2.41. The van der Waals surface area contributed by atoms with Crippen molar-refractivity contribution in [2.45, 2.75) is 38.3 Å². The molecule has 0 radical (unpaired) electrons. The van der Waals surface area contributed by atoms with Crippen LogP contribution < -0.4 is 14.8 Å². The molecule has 0 atom stereocenters. The van der Waals surface area contributed by atoms with Crippen LogP contribution in [0.3, 0.4) is 0 Å². The number of benzene rings is 2. The summed E-state index contributed by atoms with van der Waals surface area (Å²) in [5.74, 6) is 1.72. The van der Waals surface area contributed by atoms with Gasteiger partial charge in [-0.05, 0) is 43.3 Å². The molecule has 0 aromatic heterocycles. The molecule has 0 spiro atoms. The van der Waals surface area contributed by atoms with Crippen molar-refractivity contribution in [3.8, 4) is 11.5 Å². The fourth-order valence-corrected chi connectivity index (χ4v) is 3.83. The Bertz CT molecular complexity index is 744. The molecular formula is C21H26N2O2S. The van der Waals surface area contributed by atoms with Gasteiger partial charge < -0.3 is 19.7 Å². The maximum absolute atomic E-state index is 5.79. The highest BCUT2D eigenvalue weighted by Gasteiger charge is 2.25. The largest absolute Gasteiger partial charge is 0.497 e. The van der Waals surface area contributed by atoms with E-state index < -0.39 is 0 Å². The van der Waals surface area contributed by atoms with Crippen LogP contribution in [0.4, 0.5) is 5.69 Å². The predicted octanol–water partition coefficient (Wildman–Crippen LogP) is 4.85. The zero-order valence-corrected chi connectivity index (χ0v) is 16.2. The van der Waals surface area contributed by atoms with E-state index >= 15 is 0 Å². The summed E-state index contributed by atoms with van der Waals surface area (Å²) >= 11 is 5.79. The summed E-state index contributed by atoms with van der Waals surface area (Å²) in [5.41, 5.74) is 2.09. The Balaban J connectivity index is 1.79. The average molecular weight is 371 g/mol.